The Hall–Kier alpha value is -1.20. The monoisotopic (exact) mass is 443 g/mol. The zero-order valence-corrected chi connectivity index (χ0v) is 17.0. The van der Waals surface area contributed by atoms with E-state index in [1.165, 1.54) is 0 Å². The maximum atomic E-state index is 6.05. The standard InChI is InChI=1S/C19H20BrCl2NO2/c1-3-7-23-11-14-8-15(20)19(18(10-14)24-4-2)25-12-13-5-6-16(21)17(22)9-13/h3,5-6,8-10,23H,1,4,7,11-12H2,2H3. The van der Waals surface area contributed by atoms with Gasteiger partial charge in [0.05, 0.1) is 21.1 Å². The molecule has 0 amide bonds. The first-order chi connectivity index (χ1) is 12.0. The third-order valence-electron chi connectivity index (χ3n) is 3.35. The highest BCUT2D eigenvalue weighted by Crippen LogP contribution is 2.37. The minimum Gasteiger partial charge on any atom is -0.490 e. The van der Waals surface area contributed by atoms with Crippen LogP contribution in [0.4, 0.5) is 0 Å². The van der Waals surface area contributed by atoms with Crippen molar-refractivity contribution >= 4 is 39.1 Å². The Bertz CT molecular complexity index is 738. The molecule has 3 nitrogen and oxygen atoms in total. The molecule has 0 radical (unpaired) electrons. The third-order valence-corrected chi connectivity index (χ3v) is 4.68. The van der Waals surface area contributed by atoms with Crippen LogP contribution in [0, 0.1) is 0 Å². The molecule has 134 valence electrons. The molecule has 0 spiro atoms. The van der Waals surface area contributed by atoms with Crippen LogP contribution < -0.4 is 14.8 Å². The number of nitrogens with one attached hydrogen (secondary N) is 1. The second-order valence-electron chi connectivity index (χ2n) is 5.29. The van der Waals surface area contributed by atoms with Crippen LogP contribution in [0.5, 0.6) is 11.5 Å². The minimum absolute atomic E-state index is 0.365. The van der Waals surface area contributed by atoms with E-state index in [-0.39, 0.29) is 0 Å². The summed E-state index contributed by atoms with van der Waals surface area (Å²) < 4.78 is 12.6. The van der Waals surface area contributed by atoms with E-state index in [9.17, 15) is 0 Å². The molecule has 6 heteroatoms. The molecule has 2 aromatic rings. The van der Waals surface area contributed by atoms with Gasteiger partial charge < -0.3 is 14.8 Å². The SMILES string of the molecule is C=CCNCc1cc(Br)c(OCc2ccc(Cl)c(Cl)c2)c(OCC)c1. The molecule has 0 aliphatic heterocycles. The molecular weight excluding hydrogens is 425 g/mol. The zero-order chi connectivity index (χ0) is 18.2. The number of hydrogen-bond donors (Lipinski definition) is 1. The van der Waals surface area contributed by atoms with E-state index in [2.05, 4.69) is 27.8 Å². The summed E-state index contributed by atoms with van der Waals surface area (Å²) in [6.45, 7) is 8.03. The number of benzene rings is 2. The van der Waals surface area contributed by atoms with Gasteiger partial charge in [0.25, 0.3) is 0 Å². The van der Waals surface area contributed by atoms with Gasteiger partial charge in [-0.2, -0.15) is 0 Å². The number of rotatable bonds is 9. The predicted octanol–water partition coefficient (Wildman–Crippen LogP) is 6.01. The zero-order valence-electron chi connectivity index (χ0n) is 14.0. The lowest BCUT2D eigenvalue weighted by Gasteiger charge is -2.16. The lowest BCUT2D eigenvalue weighted by molar-refractivity contribution is 0.267. The molecule has 0 heterocycles. The van der Waals surface area contributed by atoms with Crippen molar-refractivity contribution in [2.24, 2.45) is 0 Å². The summed E-state index contributed by atoms with van der Waals surface area (Å²) in [6, 6.07) is 9.44. The van der Waals surface area contributed by atoms with Crippen LogP contribution in [-0.2, 0) is 13.2 Å². The first kappa shape index (κ1) is 20.1. The van der Waals surface area contributed by atoms with E-state index in [0.29, 0.717) is 34.8 Å². The van der Waals surface area contributed by atoms with Crippen molar-refractivity contribution in [3.63, 3.8) is 0 Å². The largest absolute Gasteiger partial charge is 0.490 e. The maximum absolute atomic E-state index is 6.05. The van der Waals surface area contributed by atoms with Gasteiger partial charge >= 0.3 is 0 Å². The maximum Gasteiger partial charge on any atom is 0.175 e. The number of hydrogen-bond acceptors (Lipinski definition) is 3. The van der Waals surface area contributed by atoms with Gasteiger partial charge in [0.2, 0.25) is 0 Å². The molecule has 0 aromatic heterocycles. The molecule has 25 heavy (non-hydrogen) atoms. The molecule has 0 fully saturated rings. The molecule has 0 saturated carbocycles. The average Bonchev–Trinajstić information content (AvgIpc) is 2.58. The Morgan fingerprint density at radius 3 is 2.60 bits per heavy atom. The lowest BCUT2D eigenvalue weighted by atomic mass is 10.2. The summed E-state index contributed by atoms with van der Waals surface area (Å²) >= 11 is 15.6. The quantitative estimate of drug-likeness (QED) is 0.379. The second-order valence-corrected chi connectivity index (χ2v) is 6.96. The molecule has 0 unspecified atom stereocenters. The normalized spacial score (nSPS) is 10.6. The van der Waals surface area contributed by atoms with Gasteiger partial charge in [0.1, 0.15) is 6.61 Å². The van der Waals surface area contributed by atoms with Crippen molar-refractivity contribution in [2.45, 2.75) is 20.1 Å². The summed E-state index contributed by atoms with van der Waals surface area (Å²) in [5.41, 5.74) is 2.03. The fraction of sp³-hybridized carbons (Fsp3) is 0.263. The Balaban J connectivity index is 2.17. The van der Waals surface area contributed by atoms with E-state index in [1.54, 1.807) is 12.1 Å². The van der Waals surface area contributed by atoms with E-state index in [1.807, 2.05) is 31.2 Å². The molecule has 0 atom stereocenters. The van der Waals surface area contributed by atoms with E-state index < -0.39 is 0 Å². The molecule has 2 aromatic carbocycles. The highest BCUT2D eigenvalue weighted by Gasteiger charge is 2.13. The van der Waals surface area contributed by atoms with Crippen molar-refractivity contribution in [1.29, 1.82) is 0 Å². The topological polar surface area (TPSA) is 30.5 Å². The number of ether oxygens (including phenoxy) is 2. The fourth-order valence-corrected chi connectivity index (χ4v) is 3.15. The molecule has 0 aliphatic carbocycles. The highest BCUT2D eigenvalue weighted by molar-refractivity contribution is 9.10. The third kappa shape index (κ3) is 5.93. The van der Waals surface area contributed by atoms with Crippen LogP contribution in [0.3, 0.4) is 0 Å². The molecule has 1 N–H and O–H groups in total. The van der Waals surface area contributed by atoms with Gasteiger partial charge in [0.15, 0.2) is 11.5 Å². The summed E-state index contributed by atoms with van der Waals surface area (Å²) in [7, 11) is 0. The molecule has 0 aliphatic rings. The van der Waals surface area contributed by atoms with Gasteiger partial charge in [-0.15, -0.1) is 6.58 Å². The highest BCUT2D eigenvalue weighted by atomic mass is 79.9. The smallest absolute Gasteiger partial charge is 0.175 e. The predicted molar refractivity (Wildman–Crippen MR) is 108 cm³/mol. The van der Waals surface area contributed by atoms with Crippen molar-refractivity contribution in [1.82, 2.24) is 5.32 Å². The van der Waals surface area contributed by atoms with Gasteiger partial charge in [-0.1, -0.05) is 35.3 Å². The van der Waals surface area contributed by atoms with Gasteiger partial charge in [0, 0.05) is 13.1 Å². The van der Waals surface area contributed by atoms with Gasteiger partial charge in [-0.3, -0.25) is 0 Å². The minimum atomic E-state index is 0.365. The second kappa shape index (κ2) is 10.1. The van der Waals surface area contributed by atoms with E-state index in [0.717, 1.165) is 28.7 Å². The van der Waals surface area contributed by atoms with E-state index >= 15 is 0 Å². The van der Waals surface area contributed by atoms with Crippen LogP contribution in [0.1, 0.15) is 18.1 Å². The van der Waals surface area contributed by atoms with Crippen LogP contribution in [0.2, 0.25) is 10.0 Å². The summed E-state index contributed by atoms with van der Waals surface area (Å²) in [6.07, 6.45) is 1.83. The summed E-state index contributed by atoms with van der Waals surface area (Å²) in [5.74, 6) is 1.37. The Kier molecular flexibility index (Phi) is 8.10. The molecule has 0 saturated heterocycles. The molecule has 0 bridgehead atoms. The molecule has 2 rings (SSSR count). The van der Waals surface area contributed by atoms with Crippen molar-refractivity contribution in [3.05, 3.63) is 68.6 Å². The summed E-state index contributed by atoms with van der Waals surface area (Å²) in [5, 5.41) is 4.31. The first-order valence-corrected chi connectivity index (χ1v) is 9.43. The van der Waals surface area contributed by atoms with Crippen molar-refractivity contribution in [3.8, 4) is 11.5 Å². The Labute approximate surface area is 167 Å². The van der Waals surface area contributed by atoms with Crippen LogP contribution in [0.25, 0.3) is 0 Å². The first-order valence-electron chi connectivity index (χ1n) is 7.88. The van der Waals surface area contributed by atoms with Crippen LogP contribution >= 0.6 is 39.1 Å². The van der Waals surface area contributed by atoms with Crippen LogP contribution in [-0.4, -0.2) is 13.2 Å². The lowest BCUT2D eigenvalue weighted by Crippen LogP contribution is -2.13. The Morgan fingerprint density at radius 2 is 1.92 bits per heavy atom. The van der Waals surface area contributed by atoms with Crippen molar-refractivity contribution in [2.75, 3.05) is 13.2 Å². The fourth-order valence-electron chi connectivity index (χ4n) is 2.23. The molecular formula is C19H20BrCl2NO2. The number of halogens is 3. The summed E-state index contributed by atoms with van der Waals surface area (Å²) in [4.78, 5) is 0. The Morgan fingerprint density at radius 1 is 1.12 bits per heavy atom. The van der Waals surface area contributed by atoms with Gasteiger partial charge in [-0.05, 0) is 58.2 Å². The van der Waals surface area contributed by atoms with Crippen LogP contribution in [0.15, 0.2) is 47.5 Å². The van der Waals surface area contributed by atoms with E-state index in [4.69, 9.17) is 32.7 Å². The average molecular weight is 445 g/mol. The van der Waals surface area contributed by atoms with Gasteiger partial charge in [-0.25, -0.2) is 0 Å². The van der Waals surface area contributed by atoms with Crippen molar-refractivity contribution < 1.29 is 9.47 Å².